The SMILES string of the molecule is CCC(CC)CN(CCC#N)C(=O)c1nn(C(C)(C)C)cc1Br. The van der Waals surface area contributed by atoms with E-state index >= 15 is 0 Å². The van der Waals surface area contributed by atoms with Gasteiger partial charge in [-0.3, -0.25) is 9.48 Å². The number of carbonyl (C=O) groups excluding carboxylic acids is 1. The summed E-state index contributed by atoms with van der Waals surface area (Å²) in [5.41, 5.74) is 0.234. The molecule has 0 N–H and O–H groups in total. The third-order valence-corrected chi connectivity index (χ3v) is 4.55. The molecule has 0 aromatic carbocycles. The first-order valence-corrected chi connectivity index (χ1v) is 8.95. The maximum absolute atomic E-state index is 12.9. The number of hydrogen-bond donors (Lipinski definition) is 0. The van der Waals surface area contributed by atoms with Gasteiger partial charge in [0.05, 0.1) is 22.5 Å². The number of halogens is 1. The van der Waals surface area contributed by atoms with Crippen LogP contribution in [0.5, 0.6) is 0 Å². The van der Waals surface area contributed by atoms with E-state index in [-0.39, 0.29) is 11.4 Å². The van der Waals surface area contributed by atoms with Crippen LogP contribution in [-0.2, 0) is 5.54 Å². The minimum absolute atomic E-state index is 0.109. The summed E-state index contributed by atoms with van der Waals surface area (Å²) < 4.78 is 2.49. The fourth-order valence-corrected chi connectivity index (χ4v) is 2.75. The van der Waals surface area contributed by atoms with Crippen LogP contribution in [-0.4, -0.2) is 33.7 Å². The summed E-state index contributed by atoms with van der Waals surface area (Å²) in [6.45, 7) is 11.5. The van der Waals surface area contributed by atoms with Crippen molar-refractivity contribution in [3.05, 3.63) is 16.4 Å². The largest absolute Gasteiger partial charge is 0.336 e. The van der Waals surface area contributed by atoms with Crippen molar-refractivity contribution in [3.63, 3.8) is 0 Å². The summed E-state index contributed by atoms with van der Waals surface area (Å²) in [5.74, 6) is 0.336. The van der Waals surface area contributed by atoms with Crippen molar-refractivity contribution in [3.8, 4) is 6.07 Å². The number of carbonyl (C=O) groups is 1. The van der Waals surface area contributed by atoms with E-state index in [1.807, 2.05) is 27.0 Å². The van der Waals surface area contributed by atoms with Gasteiger partial charge in [-0.15, -0.1) is 0 Å². The van der Waals surface area contributed by atoms with E-state index in [0.717, 1.165) is 12.8 Å². The zero-order chi connectivity index (χ0) is 17.6. The van der Waals surface area contributed by atoms with Crippen LogP contribution in [0.1, 0.15) is 64.4 Å². The second-order valence-corrected chi connectivity index (χ2v) is 7.64. The smallest absolute Gasteiger partial charge is 0.275 e. The minimum atomic E-state index is -0.187. The van der Waals surface area contributed by atoms with Gasteiger partial charge in [-0.05, 0) is 42.6 Å². The molecule has 0 aliphatic heterocycles. The molecule has 0 unspecified atom stereocenters. The highest BCUT2D eigenvalue weighted by atomic mass is 79.9. The summed E-state index contributed by atoms with van der Waals surface area (Å²) in [6, 6.07) is 2.13. The normalized spacial score (nSPS) is 11.6. The molecule has 0 bridgehead atoms. The predicted octanol–water partition coefficient (Wildman–Crippen LogP) is 4.19. The highest BCUT2D eigenvalue weighted by Gasteiger charge is 2.25. The fraction of sp³-hybridized carbons (Fsp3) is 0.706. The lowest BCUT2D eigenvalue weighted by Gasteiger charge is -2.25. The van der Waals surface area contributed by atoms with Gasteiger partial charge in [0.2, 0.25) is 0 Å². The van der Waals surface area contributed by atoms with Gasteiger partial charge < -0.3 is 4.90 Å². The third-order valence-electron chi connectivity index (χ3n) is 3.97. The lowest BCUT2D eigenvalue weighted by molar-refractivity contribution is 0.0720. The Balaban J connectivity index is 3.04. The van der Waals surface area contributed by atoms with Gasteiger partial charge in [-0.1, -0.05) is 26.7 Å². The molecule has 6 heteroatoms. The summed E-state index contributed by atoms with van der Waals surface area (Å²) in [6.07, 6.45) is 4.21. The van der Waals surface area contributed by atoms with Crippen molar-refractivity contribution in [1.82, 2.24) is 14.7 Å². The highest BCUT2D eigenvalue weighted by Crippen LogP contribution is 2.23. The Labute approximate surface area is 147 Å². The Morgan fingerprint density at radius 3 is 2.48 bits per heavy atom. The Hall–Kier alpha value is -1.35. The molecular formula is C17H27BrN4O. The molecule has 1 aromatic rings. The molecule has 1 aromatic heterocycles. The molecule has 0 radical (unpaired) electrons. The number of amides is 1. The molecule has 1 amide bonds. The standard InChI is InChI=1S/C17H27BrN4O/c1-6-13(7-2)11-21(10-8-9-19)16(23)15-14(18)12-22(20-15)17(3,4)5/h12-13H,6-8,10-11H2,1-5H3. The first-order valence-electron chi connectivity index (χ1n) is 8.16. The minimum Gasteiger partial charge on any atom is -0.336 e. The molecule has 5 nitrogen and oxygen atoms in total. The van der Waals surface area contributed by atoms with Crippen LogP contribution in [0.25, 0.3) is 0 Å². The maximum atomic E-state index is 12.9. The lowest BCUT2D eigenvalue weighted by atomic mass is 10.0. The molecule has 0 fully saturated rings. The molecule has 128 valence electrons. The van der Waals surface area contributed by atoms with Crippen molar-refractivity contribution < 1.29 is 4.79 Å². The number of aromatic nitrogens is 2. The van der Waals surface area contributed by atoms with Crippen molar-refractivity contribution in [2.75, 3.05) is 13.1 Å². The molecular weight excluding hydrogens is 356 g/mol. The van der Waals surface area contributed by atoms with Crippen LogP contribution in [0.4, 0.5) is 0 Å². The Morgan fingerprint density at radius 1 is 1.43 bits per heavy atom. The Kier molecular flexibility index (Phi) is 7.27. The van der Waals surface area contributed by atoms with Gasteiger partial charge in [-0.25, -0.2) is 0 Å². The summed E-state index contributed by atoms with van der Waals surface area (Å²) in [4.78, 5) is 14.7. The molecule has 0 spiro atoms. The quantitative estimate of drug-likeness (QED) is 0.709. The van der Waals surface area contributed by atoms with Crippen LogP contribution < -0.4 is 0 Å². The van der Waals surface area contributed by atoms with Crippen molar-refractivity contribution in [1.29, 1.82) is 5.26 Å². The van der Waals surface area contributed by atoms with E-state index in [1.165, 1.54) is 0 Å². The molecule has 0 saturated heterocycles. The van der Waals surface area contributed by atoms with Crippen LogP contribution >= 0.6 is 15.9 Å². The molecule has 0 atom stereocenters. The summed E-state index contributed by atoms with van der Waals surface area (Å²) in [5, 5.41) is 13.3. The molecule has 0 saturated carbocycles. The molecule has 1 rings (SSSR count). The third kappa shape index (κ3) is 5.35. The zero-order valence-corrected chi connectivity index (χ0v) is 16.4. The van der Waals surface area contributed by atoms with Crippen molar-refractivity contribution >= 4 is 21.8 Å². The topological polar surface area (TPSA) is 61.9 Å². The van der Waals surface area contributed by atoms with E-state index in [9.17, 15) is 4.79 Å². The van der Waals surface area contributed by atoms with E-state index < -0.39 is 0 Å². The molecule has 1 heterocycles. The average molecular weight is 383 g/mol. The fourth-order valence-electron chi connectivity index (χ4n) is 2.31. The van der Waals surface area contributed by atoms with Crippen LogP contribution in [0.3, 0.4) is 0 Å². The van der Waals surface area contributed by atoms with E-state index in [0.29, 0.717) is 35.6 Å². The molecule has 23 heavy (non-hydrogen) atoms. The average Bonchev–Trinajstić information content (AvgIpc) is 2.89. The first kappa shape index (κ1) is 19.7. The summed E-state index contributed by atoms with van der Waals surface area (Å²) in [7, 11) is 0. The Bertz CT molecular complexity index is 564. The van der Waals surface area contributed by atoms with Gasteiger partial charge >= 0.3 is 0 Å². The number of rotatable bonds is 7. The Morgan fingerprint density at radius 2 is 2.04 bits per heavy atom. The molecule has 0 aliphatic rings. The monoisotopic (exact) mass is 382 g/mol. The van der Waals surface area contributed by atoms with Crippen LogP contribution in [0, 0.1) is 17.2 Å². The van der Waals surface area contributed by atoms with Crippen molar-refractivity contribution in [2.24, 2.45) is 5.92 Å². The first-order chi connectivity index (χ1) is 10.7. The van der Waals surface area contributed by atoms with E-state index in [2.05, 4.69) is 40.9 Å². The zero-order valence-electron chi connectivity index (χ0n) is 14.8. The van der Waals surface area contributed by atoms with Crippen LogP contribution in [0.15, 0.2) is 10.7 Å². The molecule has 0 aliphatic carbocycles. The van der Waals surface area contributed by atoms with Gasteiger partial charge in [0, 0.05) is 19.3 Å². The number of hydrogen-bond acceptors (Lipinski definition) is 3. The predicted molar refractivity (Wildman–Crippen MR) is 95.1 cm³/mol. The lowest BCUT2D eigenvalue weighted by Crippen LogP contribution is -2.36. The van der Waals surface area contributed by atoms with E-state index in [1.54, 1.807) is 9.58 Å². The van der Waals surface area contributed by atoms with E-state index in [4.69, 9.17) is 5.26 Å². The number of nitriles is 1. The van der Waals surface area contributed by atoms with Gasteiger partial charge in [0.25, 0.3) is 5.91 Å². The van der Waals surface area contributed by atoms with Gasteiger partial charge in [0.15, 0.2) is 5.69 Å². The number of nitrogens with zero attached hydrogens (tertiary/aromatic N) is 4. The second kappa shape index (κ2) is 8.49. The second-order valence-electron chi connectivity index (χ2n) is 6.78. The summed E-state index contributed by atoms with van der Waals surface area (Å²) >= 11 is 3.45. The van der Waals surface area contributed by atoms with Crippen molar-refractivity contribution in [2.45, 2.75) is 59.4 Å². The van der Waals surface area contributed by atoms with Crippen LogP contribution in [0.2, 0.25) is 0 Å². The highest BCUT2D eigenvalue weighted by molar-refractivity contribution is 9.10. The van der Waals surface area contributed by atoms with Gasteiger partial charge in [-0.2, -0.15) is 10.4 Å². The maximum Gasteiger partial charge on any atom is 0.275 e. The van der Waals surface area contributed by atoms with Gasteiger partial charge in [0.1, 0.15) is 0 Å².